The summed E-state index contributed by atoms with van der Waals surface area (Å²) in [4.78, 5) is 25.9. The van der Waals surface area contributed by atoms with Crippen LogP contribution in [0.15, 0.2) is 21.3 Å². The monoisotopic (exact) mass is 403 g/mol. The molecule has 7 heteroatoms. The lowest BCUT2D eigenvalue weighted by Gasteiger charge is -2.23. The maximum atomic E-state index is 12.4. The number of amides is 1. The van der Waals surface area contributed by atoms with E-state index in [9.17, 15) is 9.59 Å². The van der Waals surface area contributed by atoms with Gasteiger partial charge in [-0.1, -0.05) is 0 Å². The maximum Gasteiger partial charge on any atom is 0.339 e. The summed E-state index contributed by atoms with van der Waals surface area (Å²) < 4.78 is 16.7. The van der Waals surface area contributed by atoms with Crippen molar-refractivity contribution in [3.05, 3.63) is 39.2 Å². The van der Waals surface area contributed by atoms with Crippen LogP contribution in [0, 0.1) is 20.8 Å². The molecule has 0 aliphatic carbocycles. The summed E-state index contributed by atoms with van der Waals surface area (Å²) in [6.07, 6.45) is 0.284. The Bertz CT molecular complexity index is 931. The minimum atomic E-state index is -0.639. The quantitative estimate of drug-likeness (QED) is 0.530. The fourth-order valence-electron chi connectivity index (χ4n) is 3.60. The number of aryl methyl sites for hydroxylation is 2. The van der Waals surface area contributed by atoms with Crippen molar-refractivity contribution in [1.29, 1.82) is 0 Å². The van der Waals surface area contributed by atoms with Crippen LogP contribution in [0.25, 0.3) is 11.0 Å². The highest BCUT2D eigenvalue weighted by molar-refractivity contribution is 5.86. The molecule has 1 amide bonds. The number of carbonyl (C=O) groups is 1. The lowest BCUT2D eigenvalue weighted by Crippen LogP contribution is -3.14. The molecule has 2 N–H and O–H groups in total. The number of benzene rings is 1. The molecule has 2 heterocycles. The molecule has 7 nitrogen and oxygen atoms in total. The molecule has 1 aromatic carbocycles. The average Bonchev–Trinajstić information content (AvgIpc) is 2.72. The van der Waals surface area contributed by atoms with Gasteiger partial charge in [0, 0.05) is 29.5 Å². The van der Waals surface area contributed by atoms with Gasteiger partial charge in [-0.2, -0.15) is 0 Å². The minimum Gasteiger partial charge on any atom is -0.480 e. The smallest absolute Gasteiger partial charge is 0.339 e. The van der Waals surface area contributed by atoms with E-state index in [1.165, 1.54) is 4.90 Å². The Hall–Kier alpha value is -2.38. The number of hydrogen-bond donors (Lipinski definition) is 2. The van der Waals surface area contributed by atoms with Gasteiger partial charge in [0.1, 0.15) is 24.4 Å². The van der Waals surface area contributed by atoms with E-state index >= 15 is 0 Å². The summed E-state index contributed by atoms with van der Waals surface area (Å²) in [5.74, 6) is 0.396. The van der Waals surface area contributed by atoms with Gasteiger partial charge in [-0.3, -0.25) is 4.79 Å². The van der Waals surface area contributed by atoms with Gasteiger partial charge >= 0.3 is 5.63 Å². The Morgan fingerprint density at radius 3 is 2.62 bits per heavy atom. The molecule has 0 bridgehead atoms. The van der Waals surface area contributed by atoms with Crippen LogP contribution in [-0.4, -0.2) is 51.4 Å². The number of quaternary nitrogens is 1. The second-order valence-corrected chi connectivity index (χ2v) is 7.72. The van der Waals surface area contributed by atoms with Crippen LogP contribution in [-0.2, 0) is 9.53 Å². The molecule has 0 spiro atoms. The van der Waals surface area contributed by atoms with E-state index in [0.29, 0.717) is 23.4 Å². The van der Waals surface area contributed by atoms with Crippen LogP contribution in [0.4, 0.5) is 0 Å². The van der Waals surface area contributed by atoms with Gasteiger partial charge in [0.15, 0.2) is 6.10 Å². The first-order valence-electron chi connectivity index (χ1n) is 10.3. The van der Waals surface area contributed by atoms with Gasteiger partial charge in [-0.05, 0) is 45.4 Å². The topological polar surface area (TPSA) is 82.2 Å². The van der Waals surface area contributed by atoms with Gasteiger partial charge < -0.3 is 24.1 Å². The second kappa shape index (κ2) is 9.41. The van der Waals surface area contributed by atoms with Crippen LogP contribution in [0.1, 0.15) is 30.0 Å². The molecule has 0 saturated carbocycles. The number of nitrogens with one attached hydrogen (secondary N) is 2. The van der Waals surface area contributed by atoms with Crippen molar-refractivity contribution in [2.75, 3.05) is 39.4 Å². The van der Waals surface area contributed by atoms with E-state index in [1.54, 1.807) is 13.8 Å². The summed E-state index contributed by atoms with van der Waals surface area (Å²) in [6.45, 7) is 12.6. The zero-order chi connectivity index (χ0) is 21.0. The summed E-state index contributed by atoms with van der Waals surface area (Å²) >= 11 is 0. The first kappa shape index (κ1) is 21.3. The molecular weight excluding hydrogens is 372 g/mol. The highest BCUT2D eigenvalue weighted by atomic mass is 16.5. The molecule has 2 aromatic rings. The average molecular weight is 403 g/mol. The fourth-order valence-corrected chi connectivity index (χ4v) is 3.60. The van der Waals surface area contributed by atoms with Crippen molar-refractivity contribution in [2.24, 2.45) is 0 Å². The van der Waals surface area contributed by atoms with Gasteiger partial charge in [-0.25, -0.2) is 4.79 Å². The molecule has 0 radical (unpaired) electrons. The van der Waals surface area contributed by atoms with Crippen molar-refractivity contribution >= 4 is 16.9 Å². The van der Waals surface area contributed by atoms with Gasteiger partial charge in [0.2, 0.25) is 0 Å². The first-order chi connectivity index (χ1) is 13.9. The van der Waals surface area contributed by atoms with Crippen molar-refractivity contribution in [2.45, 2.75) is 40.2 Å². The Morgan fingerprint density at radius 2 is 1.90 bits per heavy atom. The van der Waals surface area contributed by atoms with E-state index in [-0.39, 0.29) is 11.5 Å². The SMILES string of the molecule is Cc1c(C)c2ccc(O[C@@H](C)C(=O)NCCC[NH+]3CCOCC3)c(C)c2oc1=O. The molecule has 1 saturated heterocycles. The lowest BCUT2D eigenvalue weighted by molar-refractivity contribution is -0.908. The standard InChI is InChI=1S/C22H30N2O5/c1-14-15(2)22(26)29-20-16(3)19(7-6-18(14)20)28-17(4)21(25)23-8-5-9-24-10-12-27-13-11-24/h6-7,17H,5,8-13H2,1-4H3,(H,23,25)/p+1/t17-/m0/s1. The van der Waals surface area contributed by atoms with E-state index in [2.05, 4.69) is 5.32 Å². The zero-order valence-electron chi connectivity index (χ0n) is 17.7. The predicted octanol–water partition coefficient (Wildman–Crippen LogP) is 0.907. The van der Waals surface area contributed by atoms with Crippen molar-refractivity contribution in [3.63, 3.8) is 0 Å². The number of ether oxygens (including phenoxy) is 2. The Balaban J connectivity index is 1.58. The summed E-state index contributed by atoms with van der Waals surface area (Å²) in [5.41, 5.74) is 2.40. The highest BCUT2D eigenvalue weighted by Crippen LogP contribution is 2.29. The normalized spacial score (nSPS) is 16.0. The minimum absolute atomic E-state index is 0.150. The molecular formula is C22H31N2O5+. The third kappa shape index (κ3) is 4.97. The van der Waals surface area contributed by atoms with Crippen LogP contribution >= 0.6 is 0 Å². The number of morpholine rings is 1. The van der Waals surface area contributed by atoms with Crippen molar-refractivity contribution in [3.8, 4) is 5.75 Å². The van der Waals surface area contributed by atoms with Crippen molar-refractivity contribution in [1.82, 2.24) is 5.32 Å². The van der Waals surface area contributed by atoms with Crippen LogP contribution in [0.5, 0.6) is 5.75 Å². The zero-order valence-corrected chi connectivity index (χ0v) is 17.7. The molecule has 1 fully saturated rings. The second-order valence-electron chi connectivity index (χ2n) is 7.72. The molecule has 0 unspecified atom stereocenters. The Morgan fingerprint density at radius 1 is 1.17 bits per heavy atom. The van der Waals surface area contributed by atoms with Crippen LogP contribution in [0.2, 0.25) is 0 Å². The molecule has 1 atom stereocenters. The van der Waals surface area contributed by atoms with E-state index in [0.717, 1.165) is 55.8 Å². The summed E-state index contributed by atoms with van der Waals surface area (Å²) in [5, 5.41) is 3.83. The lowest BCUT2D eigenvalue weighted by atomic mass is 10.0. The molecule has 1 aromatic heterocycles. The van der Waals surface area contributed by atoms with Gasteiger partial charge in [-0.15, -0.1) is 0 Å². The maximum absolute atomic E-state index is 12.4. The van der Waals surface area contributed by atoms with Crippen LogP contribution < -0.4 is 20.6 Å². The molecule has 1 aliphatic rings. The first-order valence-corrected chi connectivity index (χ1v) is 10.3. The molecule has 158 valence electrons. The van der Waals surface area contributed by atoms with Crippen molar-refractivity contribution < 1.29 is 23.6 Å². The largest absolute Gasteiger partial charge is 0.480 e. The number of hydrogen-bond acceptors (Lipinski definition) is 5. The third-order valence-corrected chi connectivity index (χ3v) is 5.70. The van der Waals surface area contributed by atoms with Gasteiger partial charge in [0.05, 0.1) is 19.8 Å². The molecule has 3 rings (SSSR count). The third-order valence-electron chi connectivity index (χ3n) is 5.70. The summed E-state index contributed by atoms with van der Waals surface area (Å²) in [6, 6.07) is 3.70. The summed E-state index contributed by atoms with van der Waals surface area (Å²) in [7, 11) is 0. The fraction of sp³-hybridized carbons (Fsp3) is 0.545. The van der Waals surface area contributed by atoms with E-state index in [4.69, 9.17) is 13.9 Å². The Labute approximate surface area is 171 Å². The van der Waals surface area contributed by atoms with Crippen LogP contribution in [0.3, 0.4) is 0 Å². The van der Waals surface area contributed by atoms with E-state index in [1.807, 2.05) is 26.0 Å². The highest BCUT2D eigenvalue weighted by Gasteiger charge is 2.19. The van der Waals surface area contributed by atoms with E-state index < -0.39 is 6.10 Å². The van der Waals surface area contributed by atoms with Gasteiger partial charge in [0.25, 0.3) is 5.91 Å². The molecule has 1 aliphatic heterocycles. The Kier molecular flexibility index (Phi) is 6.92. The predicted molar refractivity (Wildman–Crippen MR) is 111 cm³/mol. The number of rotatable bonds is 7. The molecule has 29 heavy (non-hydrogen) atoms. The number of carbonyl (C=O) groups excluding carboxylic acids is 1. The number of fused-ring (bicyclic) bond motifs is 1.